The van der Waals surface area contributed by atoms with Gasteiger partial charge in [0.25, 0.3) is 17.7 Å². The summed E-state index contributed by atoms with van der Waals surface area (Å²) in [7, 11) is 3.79. The van der Waals surface area contributed by atoms with Crippen molar-refractivity contribution in [1.82, 2.24) is 69.6 Å². The van der Waals surface area contributed by atoms with E-state index in [1.165, 1.54) is 24.8 Å². The number of amides is 4. The van der Waals surface area contributed by atoms with Gasteiger partial charge in [-0.15, -0.1) is 0 Å². The first kappa shape index (κ1) is 81.8. The van der Waals surface area contributed by atoms with Gasteiger partial charge in [0, 0.05) is 160 Å². The highest BCUT2D eigenvalue weighted by Crippen LogP contribution is 2.39. The van der Waals surface area contributed by atoms with Crippen LogP contribution in [0.4, 0.5) is 5.82 Å². The zero-order valence-electron chi connectivity index (χ0n) is 68.2. The molecule has 3 saturated heterocycles. The summed E-state index contributed by atoms with van der Waals surface area (Å²) in [4.78, 5) is 87.0. The number of nitrogens with one attached hydrogen (secondary N) is 1. The first-order valence-corrected chi connectivity index (χ1v) is 40.7. The van der Waals surface area contributed by atoms with Gasteiger partial charge in [0.05, 0.1) is 87.0 Å². The molecule has 3 aliphatic heterocycles. The first-order chi connectivity index (χ1) is 60.1. The molecule has 13 heterocycles. The van der Waals surface area contributed by atoms with E-state index in [0.29, 0.717) is 64.0 Å². The van der Waals surface area contributed by atoms with Crippen LogP contribution in [-0.4, -0.2) is 140 Å². The molecule has 618 valence electrons. The number of nitrogens with two attached hydrogens (primary N) is 3. The maximum Gasteiger partial charge on any atom is 0.250 e. The maximum atomic E-state index is 11.7. The van der Waals surface area contributed by atoms with Crippen molar-refractivity contribution in [3.8, 4) is 67.5 Å². The Hall–Kier alpha value is -15.0. The Kier molecular flexibility index (Phi) is 25.2. The molecule has 7 N–H and O–H groups in total. The quantitative estimate of drug-likeness (QED) is 0.0489. The molecule has 27 heteroatoms. The van der Waals surface area contributed by atoms with E-state index < -0.39 is 17.7 Å². The molecular weight excluding hydrogens is 1550 g/mol. The Labute approximate surface area is 708 Å². The molecule has 3 fully saturated rings. The summed E-state index contributed by atoms with van der Waals surface area (Å²) in [5, 5.41) is 16.2. The van der Waals surface area contributed by atoms with Gasteiger partial charge in [0.2, 0.25) is 5.91 Å². The molecule has 3 aliphatic rings. The number of benzene rings is 6. The van der Waals surface area contributed by atoms with E-state index in [4.69, 9.17) is 45.9 Å². The molecule has 10 aromatic heterocycles. The van der Waals surface area contributed by atoms with Gasteiger partial charge in [-0.3, -0.25) is 68.3 Å². The highest BCUT2D eigenvalue weighted by Gasteiger charge is 2.29. The lowest BCUT2D eigenvalue weighted by Crippen LogP contribution is -2.35. The number of nitrogens with zero attached hydrogens (tertiary/aromatic N) is 14. The summed E-state index contributed by atoms with van der Waals surface area (Å²) in [6, 6.07) is 60.7. The number of piperidine rings is 1. The second-order valence-electron chi connectivity index (χ2n) is 30.2. The Bertz CT molecular complexity index is 6510. The number of rotatable bonds is 22. The van der Waals surface area contributed by atoms with Crippen LogP contribution >= 0.6 is 0 Å². The maximum absolute atomic E-state index is 11.7. The van der Waals surface area contributed by atoms with Gasteiger partial charge in [0.15, 0.2) is 0 Å². The minimum atomic E-state index is -0.531. The van der Waals surface area contributed by atoms with Crippen molar-refractivity contribution in [3.63, 3.8) is 0 Å². The molecule has 6 aromatic carbocycles. The van der Waals surface area contributed by atoms with E-state index in [1.54, 1.807) is 84.5 Å². The highest BCUT2D eigenvalue weighted by atomic mass is 16.5. The SMILES string of the molecule is C[C@@H](Oc1cc(-c2ccc(CN3CCOCC3)cc2)cc2ncccc12)[C@H]1CNC(=O)C1.Cn1cc(-c2cc(OCc3ncccc3C(N)=O)c3cccnc3c2)cn1.Cn1ncc2ccc(-c3cc(OCc4ncccc4C(N)=O)c4cccnc4c3)cc21.NC(=O)c1cccnc1COc1cc(-c2ccc(N3CCCCC3)nc2)cc2ncccc12. The highest BCUT2D eigenvalue weighted by molar-refractivity contribution is 5.97. The number of aromatic nitrogens is 12. The van der Waals surface area contributed by atoms with Crippen LogP contribution in [0.25, 0.3) is 99.0 Å². The third kappa shape index (κ3) is 19.7. The summed E-state index contributed by atoms with van der Waals surface area (Å²) in [5.41, 5.74) is 32.7. The molecule has 0 saturated carbocycles. The molecule has 4 amide bonds. The zero-order chi connectivity index (χ0) is 84.7. The molecule has 0 unspecified atom stereocenters. The van der Waals surface area contributed by atoms with Crippen molar-refractivity contribution in [2.24, 2.45) is 37.2 Å². The smallest absolute Gasteiger partial charge is 0.250 e. The van der Waals surface area contributed by atoms with E-state index in [0.717, 1.165) is 157 Å². The molecule has 2 atom stereocenters. The normalized spacial score (nSPS) is 14.2. The largest absolute Gasteiger partial charge is 0.490 e. The lowest BCUT2D eigenvalue weighted by atomic mass is 10.0. The first-order valence-electron chi connectivity index (χ1n) is 40.7. The van der Waals surface area contributed by atoms with Crippen molar-refractivity contribution in [1.29, 1.82) is 0 Å². The van der Waals surface area contributed by atoms with Crippen LogP contribution in [0.1, 0.15) is 86.3 Å². The van der Waals surface area contributed by atoms with E-state index in [-0.39, 0.29) is 37.7 Å². The number of anilines is 1. The van der Waals surface area contributed by atoms with Gasteiger partial charge in [-0.05, 0) is 217 Å². The number of hydrogen-bond acceptors (Lipinski definition) is 21. The van der Waals surface area contributed by atoms with Crippen LogP contribution in [0.2, 0.25) is 0 Å². The average molecular weight is 1640 g/mol. The van der Waals surface area contributed by atoms with Gasteiger partial charge in [0.1, 0.15) is 54.7 Å². The topological polar surface area (TPSA) is 350 Å². The van der Waals surface area contributed by atoms with Crippen molar-refractivity contribution in [3.05, 3.63) is 296 Å². The number of fused-ring (bicyclic) bond motifs is 5. The van der Waals surface area contributed by atoms with Gasteiger partial charge in [-0.25, -0.2) is 4.98 Å². The van der Waals surface area contributed by atoms with Gasteiger partial charge >= 0.3 is 0 Å². The van der Waals surface area contributed by atoms with Crippen molar-refractivity contribution in [2.75, 3.05) is 50.8 Å². The molecule has 123 heavy (non-hydrogen) atoms. The van der Waals surface area contributed by atoms with Gasteiger partial charge < -0.3 is 51.1 Å². The predicted molar refractivity (Wildman–Crippen MR) is 472 cm³/mol. The van der Waals surface area contributed by atoms with Crippen LogP contribution in [0.15, 0.2) is 256 Å². The number of primary amides is 3. The fraction of sp³-hybridized carbons (Fsp3) is 0.208. The summed E-state index contributed by atoms with van der Waals surface area (Å²) >= 11 is 0. The molecule has 0 bridgehead atoms. The van der Waals surface area contributed by atoms with Crippen LogP contribution in [0.3, 0.4) is 0 Å². The molecular formula is C96H90N18O9. The van der Waals surface area contributed by atoms with E-state index in [1.807, 2.05) is 141 Å². The minimum absolute atomic E-state index is 0.0662. The van der Waals surface area contributed by atoms with Crippen LogP contribution in [-0.2, 0) is 50.0 Å². The average Bonchev–Trinajstić information content (AvgIpc) is 1.78. The third-order valence-corrected chi connectivity index (χ3v) is 22.0. The Morgan fingerprint density at radius 1 is 0.463 bits per heavy atom. The fourth-order valence-electron chi connectivity index (χ4n) is 15.3. The minimum Gasteiger partial charge on any atom is -0.490 e. The lowest BCUT2D eigenvalue weighted by molar-refractivity contribution is -0.119. The van der Waals surface area contributed by atoms with Crippen LogP contribution in [0.5, 0.6) is 23.0 Å². The number of ether oxygens (including phenoxy) is 5. The molecule has 19 rings (SSSR count). The Morgan fingerprint density at radius 3 is 1.39 bits per heavy atom. The predicted octanol–water partition coefficient (Wildman–Crippen LogP) is 14.6. The number of morpholine rings is 1. The third-order valence-electron chi connectivity index (χ3n) is 22.0. The monoisotopic (exact) mass is 1640 g/mol. The van der Waals surface area contributed by atoms with E-state index in [9.17, 15) is 19.2 Å². The number of pyridine rings is 8. The number of aryl methyl sites for hydroxylation is 2. The molecule has 0 aliphatic carbocycles. The van der Waals surface area contributed by atoms with Gasteiger partial charge in [-0.2, -0.15) is 10.2 Å². The summed E-state index contributed by atoms with van der Waals surface area (Å²) in [6.45, 7) is 9.74. The standard InChI is InChI=1S/C26H25N5O2.C26H29N3O3.C24H19N5O2.C20H17N5O2/c27-26(32)21-7-5-11-29-23(21)17-33-24-15-19(14-22-20(24)6-4-10-28-22)18-8-9-25(30-16-18)31-12-2-1-3-13-31;1-18(22-15-26(30)28-16-22)32-25-14-21(13-24-23(25)3-2-8-27-24)20-6-4-19(5-7-20)17-29-9-11-31-12-10-29;1-29-22-11-15(6-7-16(22)13-28-29)17-10-20-18(4-2-8-26-20)23(12-17)31-14-21-19(24(25)30)5-3-9-27-21;1-25-11-14(10-24-25)13-8-17-15(4-2-6-22-17)19(9-13)27-12-18-16(20(21)26)5-3-7-23-18/h4-11,14-16H,1-3,12-13,17H2,(H2,27,32);2-8,13-14,18,22H,9-12,15-17H2,1H3,(H,28,30);2-13H,14H2,1H3,(H2,25,30);2-11H,12H2,1H3,(H2,21,26)/t;18-,22-;;/m.1../s1. The van der Waals surface area contributed by atoms with Crippen molar-refractivity contribution >= 4 is 84.0 Å². The number of hydrogen-bond donors (Lipinski definition) is 4. The Morgan fingerprint density at radius 2 is 0.919 bits per heavy atom. The molecule has 0 spiro atoms. The van der Waals surface area contributed by atoms with Crippen molar-refractivity contribution in [2.45, 2.75) is 65.1 Å². The van der Waals surface area contributed by atoms with Gasteiger partial charge in [-0.1, -0.05) is 36.4 Å². The fourth-order valence-corrected chi connectivity index (χ4v) is 15.3. The number of carbonyl (C=O) groups is 4. The second-order valence-corrected chi connectivity index (χ2v) is 30.2. The zero-order valence-corrected chi connectivity index (χ0v) is 68.2. The summed E-state index contributed by atoms with van der Waals surface area (Å²) in [5.74, 6) is 2.50. The second kappa shape index (κ2) is 38.0. The molecule has 16 aromatic rings. The summed E-state index contributed by atoms with van der Waals surface area (Å²) < 4.78 is 33.7. The molecule has 27 nitrogen and oxygen atoms in total. The van der Waals surface area contributed by atoms with Crippen LogP contribution < -0.4 is 46.4 Å². The van der Waals surface area contributed by atoms with Crippen molar-refractivity contribution < 1.29 is 42.9 Å². The number of carbonyl (C=O) groups excluding carboxylic acids is 4. The lowest BCUT2D eigenvalue weighted by Gasteiger charge is -2.27. The van der Waals surface area contributed by atoms with E-state index in [2.05, 4.69) is 121 Å². The van der Waals surface area contributed by atoms with E-state index >= 15 is 0 Å². The van der Waals surface area contributed by atoms with Crippen LogP contribution in [0, 0.1) is 5.92 Å². The summed E-state index contributed by atoms with van der Waals surface area (Å²) in [6.07, 6.45) is 23.6. The Balaban J connectivity index is 0.000000122. The molecule has 0 radical (unpaired) electrons.